The Morgan fingerprint density at radius 2 is 1.96 bits per heavy atom. The van der Waals surface area contributed by atoms with Crippen molar-refractivity contribution in [3.8, 4) is 5.75 Å². The van der Waals surface area contributed by atoms with Crippen molar-refractivity contribution in [2.24, 2.45) is 0 Å². The van der Waals surface area contributed by atoms with Crippen molar-refractivity contribution < 1.29 is 9.53 Å². The average Bonchev–Trinajstić information content (AvgIpc) is 2.82. The van der Waals surface area contributed by atoms with Gasteiger partial charge in [0.1, 0.15) is 15.5 Å². The number of pyridine rings is 1. The predicted molar refractivity (Wildman–Crippen MR) is 106 cm³/mol. The van der Waals surface area contributed by atoms with Crippen LogP contribution in [-0.2, 0) is 12.8 Å². The van der Waals surface area contributed by atoms with Crippen molar-refractivity contribution in [2.45, 2.75) is 32.1 Å². The molecular formula is C20H21N3O2S. The zero-order valence-electron chi connectivity index (χ0n) is 14.7. The highest BCUT2D eigenvalue weighted by molar-refractivity contribution is 7.21. The summed E-state index contributed by atoms with van der Waals surface area (Å²) in [5, 5.41) is 3.80. The Morgan fingerprint density at radius 3 is 2.73 bits per heavy atom. The summed E-state index contributed by atoms with van der Waals surface area (Å²) in [4.78, 5) is 18.9. The van der Waals surface area contributed by atoms with Gasteiger partial charge in [-0.3, -0.25) is 4.79 Å². The molecule has 26 heavy (non-hydrogen) atoms. The number of aromatic nitrogens is 1. The summed E-state index contributed by atoms with van der Waals surface area (Å²) in [6.07, 6.45) is 5.67. The molecule has 3 N–H and O–H groups in total. The summed E-state index contributed by atoms with van der Waals surface area (Å²) in [5.41, 5.74) is 9.97. The lowest BCUT2D eigenvalue weighted by Gasteiger charge is -2.06. The molecule has 0 unspecified atom stereocenters. The first-order valence-corrected chi connectivity index (χ1v) is 9.63. The molecule has 4 rings (SSSR count). The van der Waals surface area contributed by atoms with E-state index in [1.54, 1.807) is 19.2 Å². The highest BCUT2D eigenvalue weighted by atomic mass is 32.1. The number of nitrogens with one attached hydrogen (secondary N) is 1. The lowest BCUT2D eigenvalue weighted by Crippen LogP contribution is -2.11. The van der Waals surface area contributed by atoms with Crippen LogP contribution in [0.5, 0.6) is 5.75 Å². The molecular weight excluding hydrogens is 346 g/mol. The van der Waals surface area contributed by atoms with Crippen LogP contribution in [-0.4, -0.2) is 18.0 Å². The van der Waals surface area contributed by atoms with Gasteiger partial charge in [0.2, 0.25) is 0 Å². The molecule has 5 nitrogen and oxygen atoms in total. The number of amides is 1. The Bertz CT molecular complexity index is 963. The van der Waals surface area contributed by atoms with Crippen LogP contribution in [0, 0.1) is 0 Å². The molecule has 0 atom stereocenters. The highest BCUT2D eigenvalue weighted by Crippen LogP contribution is 2.35. The van der Waals surface area contributed by atoms with Gasteiger partial charge in [0.25, 0.3) is 5.91 Å². The maximum absolute atomic E-state index is 12.7. The van der Waals surface area contributed by atoms with Crippen LogP contribution in [0.15, 0.2) is 30.3 Å². The molecule has 0 saturated heterocycles. The largest absolute Gasteiger partial charge is 0.497 e. The van der Waals surface area contributed by atoms with Gasteiger partial charge < -0.3 is 15.8 Å². The maximum atomic E-state index is 12.7. The van der Waals surface area contributed by atoms with Gasteiger partial charge in [0.15, 0.2) is 0 Å². The molecule has 1 aliphatic rings. The summed E-state index contributed by atoms with van der Waals surface area (Å²) in [5.74, 6) is 0.543. The van der Waals surface area contributed by atoms with Crippen molar-refractivity contribution in [3.63, 3.8) is 0 Å². The average molecular weight is 367 g/mol. The standard InChI is InChI=1S/C20H21N3O2S/c1-25-14-9-7-13(8-10-14)22-19(24)18-17(21)15-11-12-5-3-2-4-6-16(12)23-20(15)26-18/h7-11H,2-6,21H2,1H3,(H,22,24). The van der Waals surface area contributed by atoms with Gasteiger partial charge in [0, 0.05) is 16.8 Å². The van der Waals surface area contributed by atoms with Gasteiger partial charge in [-0.2, -0.15) is 0 Å². The van der Waals surface area contributed by atoms with Crippen LogP contribution in [0.3, 0.4) is 0 Å². The van der Waals surface area contributed by atoms with E-state index in [2.05, 4.69) is 11.4 Å². The molecule has 0 radical (unpaired) electrons. The number of nitrogens with zero attached hydrogens (tertiary/aromatic N) is 1. The lowest BCUT2D eigenvalue weighted by atomic mass is 10.1. The van der Waals surface area contributed by atoms with E-state index in [1.807, 2.05) is 12.1 Å². The quantitative estimate of drug-likeness (QED) is 0.672. The van der Waals surface area contributed by atoms with Crippen molar-refractivity contribution in [3.05, 3.63) is 46.5 Å². The fourth-order valence-electron chi connectivity index (χ4n) is 3.37. The summed E-state index contributed by atoms with van der Waals surface area (Å²) < 4.78 is 5.14. The van der Waals surface area contributed by atoms with Gasteiger partial charge in [0.05, 0.1) is 12.8 Å². The van der Waals surface area contributed by atoms with Gasteiger partial charge in [-0.25, -0.2) is 4.98 Å². The van der Waals surface area contributed by atoms with Crippen LogP contribution in [0.1, 0.15) is 40.2 Å². The van der Waals surface area contributed by atoms with E-state index in [1.165, 1.54) is 41.9 Å². The van der Waals surface area contributed by atoms with E-state index in [0.29, 0.717) is 16.3 Å². The SMILES string of the molecule is COc1ccc(NC(=O)c2sc3nc4c(cc3c2N)CCCCC4)cc1. The molecule has 1 amide bonds. The van der Waals surface area contributed by atoms with Gasteiger partial charge in [-0.05, 0) is 61.6 Å². The van der Waals surface area contributed by atoms with Crippen LogP contribution >= 0.6 is 11.3 Å². The summed E-state index contributed by atoms with van der Waals surface area (Å²) in [7, 11) is 1.61. The lowest BCUT2D eigenvalue weighted by molar-refractivity contribution is 0.103. The Morgan fingerprint density at radius 1 is 1.19 bits per heavy atom. The fraction of sp³-hybridized carbons (Fsp3) is 0.300. The number of benzene rings is 1. The summed E-state index contributed by atoms with van der Waals surface area (Å²) in [6, 6.07) is 9.37. The topological polar surface area (TPSA) is 77.2 Å². The number of nitrogens with two attached hydrogens (primary N) is 1. The van der Waals surface area contributed by atoms with Crippen molar-refractivity contribution in [1.29, 1.82) is 0 Å². The number of rotatable bonds is 3. The van der Waals surface area contributed by atoms with E-state index in [-0.39, 0.29) is 5.91 Å². The number of nitrogen functional groups attached to an aromatic ring is 1. The fourth-order valence-corrected chi connectivity index (χ4v) is 4.36. The molecule has 2 aromatic heterocycles. The Kier molecular flexibility index (Phi) is 4.51. The van der Waals surface area contributed by atoms with E-state index < -0.39 is 0 Å². The third-order valence-corrected chi connectivity index (χ3v) is 5.92. The van der Waals surface area contributed by atoms with Crippen LogP contribution in [0.2, 0.25) is 0 Å². The molecule has 0 spiro atoms. The zero-order valence-corrected chi connectivity index (χ0v) is 15.5. The third kappa shape index (κ3) is 3.12. The molecule has 0 fully saturated rings. The van der Waals surface area contributed by atoms with E-state index in [0.717, 1.165) is 28.8 Å². The predicted octanol–water partition coefficient (Wildman–Crippen LogP) is 4.41. The number of carbonyl (C=O) groups excluding carboxylic acids is 1. The number of ether oxygens (including phenoxy) is 1. The maximum Gasteiger partial charge on any atom is 0.267 e. The van der Waals surface area contributed by atoms with Crippen LogP contribution in [0.25, 0.3) is 10.2 Å². The van der Waals surface area contributed by atoms with Crippen LogP contribution in [0.4, 0.5) is 11.4 Å². The van der Waals surface area contributed by atoms with Gasteiger partial charge in [-0.15, -0.1) is 11.3 Å². The first kappa shape index (κ1) is 16.8. The normalized spacial score (nSPS) is 13.9. The molecule has 3 aromatic rings. The van der Waals surface area contributed by atoms with Gasteiger partial charge in [-0.1, -0.05) is 6.42 Å². The third-order valence-electron chi connectivity index (χ3n) is 4.80. The second-order valence-electron chi connectivity index (χ2n) is 6.54. The first-order valence-electron chi connectivity index (χ1n) is 8.82. The molecule has 2 heterocycles. The number of thiophene rings is 1. The minimum Gasteiger partial charge on any atom is -0.497 e. The number of hydrogen-bond acceptors (Lipinski definition) is 5. The molecule has 0 bridgehead atoms. The second-order valence-corrected chi connectivity index (χ2v) is 7.53. The number of aryl methyl sites for hydroxylation is 2. The molecule has 6 heteroatoms. The van der Waals surface area contributed by atoms with Crippen LogP contribution < -0.4 is 15.8 Å². The molecule has 1 aliphatic carbocycles. The van der Waals surface area contributed by atoms with Gasteiger partial charge >= 0.3 is 0 Å². The first-order chi connectivity index (χ1) is 12.7. The number of anilines is 2. The minimum atomic E-state index is -0.203. The van der Waals surface area contributed by atoms with E-state index >= 15 is 0 Å². The Labute approximate surface area is 156 Å². The molecule has 0 aliphatic heterocycles. The van der Waals surface area contributed by atoms with Crippen molar-refractivity contribution >= 4 is 38.8 Å². The summed E-state index contributed by atoms with van der Waals surface area (Å²) in [6.45, 7) is 0. The Balaban J connectivity index is 1.65. The highest BCUT2D eigenvalue weighted by Gasteiger charge is 2.20. The van der Waals surface area contributed by atoms with E-state index in [4.69, 9.17) is 15.5 Å². The molecule has 0 saturated carbocycles. The molecule has 1 aromatic carbocycles. The second kappa shape index (κ2) is 6.96. The molecule has 134 valence electrons. The minimum absolute atomic E-state index is 0.203. The number of hydrogen-bond donors (Lipinski definition) is 2. The van der Waals surface area contributed by atoms with Crippen molar-refractivity contribution in [2.75, 3.05) is 18.2 Å². The zero-order chi connectivity index (χ0) is 18.1. The Hall–Kier alpha value is -2.60. The smallest absolute Gasteiger partial charge is 0.267 e. The van der Waals surface area contributed by atoms with Crippen molar-refractivity contribution in [1.82, 2.24) is 4.98 Å². The monoisotopic (exact) mass is 367 g/mol. The number of fused-ring (bicyclic) bond motifs is 2. The number of methoxy groups -OCH3 is 1. The summed E-state index contributed by atoms with van der Waals surface area (Å²) >= 11 is 1.37. The number of carbonyl (C=O) groups is 1. The van der Waals surface area contributed by atoms with E-state index in [9.17, 15) is 4.79 Å².